The summed E-state index contributed by atoms with van der Waals surface area (Å²) in [7, 11) is -3.63. The number of carbonyl (C=O) groups is 1. The van der Waals surface area contributed by atoms with Crippen molar-refractivity contribution in [2.45, 2.75) is 26.2 Å². The van der Waals surface area contributed by atoms with Gasteiger partial charge in [0.2, 0.25) is 0 Å². The highest BCUT2D eigenvalue weighted by molar-refractivity contribution is 6.86. The van der Waals surface area contributed by atoms with E-state index in [0.717, 1.165) is 0 Å². The summed E-state index contributed by atoms with van der Waals surface area (Å²) in [5, 5.41) is 9.82. The van der Waals surface area contributed by atoms with Crippen LogP contribution in [0.25, 0.3) is 0 Å². The van der Waals surface area contributed by atoms with Crippen molar-refractivity contribution in [1.29, 1.82) is 0 Å². The molecule has 4 nitrogen and oxygen atoms in total. The van der Waals surface area contributed by atoms with Crippen molar-refractivity contribution < 1.29 is 14.0 Å². The number of rotatable bonds is 1. The fraction of sp³-hybridized carbons (Fsp3) is 0.462. The molecule has 0 radical (unpaired) electrons. The first-order chi connectivity index (χ1) is 8.70. The van der Waals surface area contributed by atoms with Gasteiger partial charge in [0.05, 0.1) is 5.56 Å². The van der Waals surface area contributed by atoms with Gasteiger partial charge < -0.3 is 14.1 Å². The molecule has 2 rings (SSSR count). The van der Waals surface area contributed by atoms with Crippen molar-refractivity contribution in [3.05, 3.63) is 29.8 Å². The van der Waals surface area contributed by atoms with E-state index in [1.165, 1.54) is 0 Å². The average Bonchev–Trinajstić information content (AvgIpc) is 2.24. The molecule has 1 heterocycles. The third-order valence-corrected chi connectivity index (χ3v) is 9.82. The van der Waals surface area contributed by atoms with Crippen molar-refractivity contribution in [2.75, 3.05) is 12.3 Å². The van der Waals surface area contributed by atoms with Gasteiger partial charge in [-0.05, 0) is 38.3 Å². The summed E-state index contributed by atoms with van der Waals surface area (Å²) >= 11 is 0. The molecular formula is C13H22ClNO3Si2. The molecule has 0 aliphatic carbocycles. The number of para-hydroxylation sites is 1. The standard InChI is InChI=1S/C13H21NO3Si2.ClH/c1-18(2)9-14(10-19(3,4)17-18)13(16)11-7-5-6-8-12(11)15;/h5-8,15H,9-10H2,1-4H3;1H. The molecule has 0 atom stereocenters. The molecular weight excluding hydrogens is 310 g/mol. The lowest BCUT2D eigenvalue weighted by atomic mass is 10.2. The summed E-state index contributed by atoms with van der Waals surface area (Å²) in [4.78, 5) is 14.4. The molecule has 1 fully saturated rings. The molecule has 0 spiro atoms. The molecule has 112 valence electrons. The van der Waals surface area contributed by atoms with Crippen molar-refractivity contribution in [2.24, 2.45) is 0 Å². The second kappa shape index (κ2) is 5.89. The summed E-state index contributed by atoms with van der Waals surface area (Å²) in [5.74, 6) is -0.0273. The number of hydrogen-bond acceptors (Lipinski definition) is 3. The third-order valence-electron chi connectivity index (χ3n) is 3.12. The maximum Gasteiger partial charge on any atom is 0.257 e. The Morgan fingerprint density at radius 3 is 2.15 bits per heavy atom. The van der Waals surface area contributed by atoms with E-state index in [-0.39, 0.29) is 24.1 Å². The lowest BCUT2D eigenvalue weighted by molar-refractivity contribution is 0.0780. The molecule has 1 N–H and O–H groups in total. The fourth-order valence-electron chi connectivity index (χ4n) is 2.76. The molecule has 1 aromatic rings. The highest BCUT2D eigenvalue weighted by Gasteiger charge is 2.43. The molecule has 0 saturated carbocycles. The van der Waals surface area contributed by atoms with E-state index in [9.17, 15) is 9.90 Å². The second-order valence-corrected chi connectivity index (χ2v) is 14.8. The summed E-state index contributed by atoms with van der Waals surface area (Å²) in [6.45, 7) is 8.58. The highest BCUT2D eigenvalue weighted by Crippen LogP contribution is 2.26. The van der Waals surface area contributed by atoms with Crippen LogP contribution in [0.15, 0.2) is 24.3 Å². The topological polar surface area (TPSA) is 49.8 Å². The Kier molecular flexibility index (Phi) is 5.07. The van der Waals surface area contributed by atoms with Gasteiger partial charge in [0.1, 0.15) is 5.75 Å². The average molecular weight is 332 g/mol. The summed E-state index contributed by atoms with van der Waals surface area (Å²) in [6, 6.07) is 6.73. The Labute approximate surface area is 128 Å². The zero-order valence-corrected chi connectivity index (χ0v) is 15.2. The van der Waals surface area contributed by atoms with Crippen molar-refractivity contribution in [3.63, 3.8) is 0 Å². The van der Waals surface area contributed by atoms with E-state index in [1.54, 1.807) is 24.3 Å². The van der Waals surface area contributed by atoms with E-state index in [1.807, 2.05) is 4.90 Å². The molecule has 7 heteroatoms. The Hall–Kier alpha value is -0.826. The minimum absolute atomic E-state index is 0. The highest BCUT2D eigenvalue weighted by atomic mass is 35.5. The van der Waals surface area contributed by atoms with Crippen LogP contribution in [0.2, 0.25) is 26.2 Å². The van der Waals surface area contributed by atoms with E-state index in [2.05, 4.69) is 26.2 Å². The zero-order chi connectivity index (χ0) is 14.3. The van der Waals surface area contributed by atoms with Crippen LogP contribution in [-0.2, 0) is 4.12 Å². The first-order valence-electron chi connectivity index (χ1n) is 6.48. The van der Waals surface area contributed by atoms with Gasteiger partial charge in [-0.15, -0.1) is 12.4 Å². The van der Waals surface area contributed by atoms with Crippen LogP contribution in [0.4, 0.5) is 0 Å². The number of hydrogen-bond donors (Lipinski definition) is 1. The Bertz CT molecular complexity index is 492. The molecule has 0 unspecified atom stereocenters. The first-order valence-corrected chi connectivity index (χ1v) is 12.7. The number of phenols is 1. The molecule has 1 aliphatic rings. The van der Waals surface area contributed by atoms with Gasteiger partial charge in [-0.25, -0.2) is 0 Å². The SMILES string of the molecule is C[Si]1(C)CN(C(=O)c2ccccc2O)C[Si](C)(C)O1.Cl. The predicted octanol–water partition coefficient (Wildman–Crippen LogP) is 2.78. The number of aromatic hydroxyl groups is 1. The Morgan fingerprint density at radius 1 is 1.15 bits per heavy atom. The van der Waals surface area contributed by atoms with Gasteiger partial charge in [0.15, 0.2) is 16.6 Å². The minimum Gasteiger partial charge on any atom is -0.507 e. The van der Waals surface area contributed by atoms with Gasteiger partial charge in [-0.1, -0.05) is 12.1 Å². The van der Waals surface area contributed by atoms with Crippen molar-refractivity contribution in [1.82, 2.24) is 4.90 Å². The molecule has 0 aromatic heterocycles. The molecule has 1 amide bonds. The van der Waals surface area contributed by atoms with Crippen LogP contribution in [-0.4, -0.2) is 44.9 Å². The van der Waals surface area contributed by atoms with E-state index >= 15 is 0 Å². The quantitative estimate of drug-likeness (QED) is 0.805. The maximum atomic E-state index is 12.6. The van der Waals surface area contributed by atoms with Crippen LogP contribution in [0, 0.1) is 0 Å². The van der Waals surface area contributed by atoms with Crippen molar-refractivity contribution >= 4 is 34.9 Å². The van der Waals surface area contributed by atoms with E-state index in [4.69, 9.17) is 4.12 Å². The number of carbonyl (C=O) groups excluding carboxylic acids is 1. The van der Waals surface area contributed by atoms with Gasteiger partial charge >= 0.3 is 0 Å². The zero-order valence-electron chi connectivity index (χ0n) is 12.3. The monoisotopic (exact) mass is 331 g/mol. The summed E-state index contributed by atoms with van der Waals surface area (Å²) in [5.41, 5.74) is 0.388. The molecule has 1 aromatic carbocycles. The van der Waals surface area contributed by atoms with Gasteiger partial charge in [0, 0.05) is 12.3 Å². The summed E-state index contributed by atoms with van der Waals surface area (Å²) in [6.07, 6.45) is 1.38. The number of phenolic OH excluding ortho intramolecular Hbond substituents is 1. The predicted molar refractivity (Wildman–Crippen MR) is 87.3 cm³/mol. The molecule has 0 bridgehead atoms. The molecule has 1 saturated heterocycles. The van der Waals surface area contributed by atoms with E-state index in [0.29, 0.717) is 17.9 Å². The van der Waals surface area contributed by atoms with E-state index < -0.39 is 16.6 Å². The largest absolute Gasteiger partial charge is 0.507 e. The fourth-order valence-corrected chi connectivity index (χ4v) is 11.8. The number of benzene rings is 1. The van der Waals surface area contributed by atoms with Crippen LogP contribution < -0.4 is 0 Å². The lowest BCUT2D eigenvalue weighted by Crippen LogP contribution is -2.64. The van der Waals surface area contributed by atoms with Crippen LogP contribution in [0.1, 0.15) is 10.4 Å². The van der Waals surface area contributed by atoms with Crippen LogP contribution in [0.5, 0.6) is 5.75 Å². The van der Waals surface area contributed by atoms with Gasteiger partial charge in [-0.2, -0.15) is 0 Å². The first kappa shape index (κ1) is 17.2. The second-order valence-electron chi connectivity index (χ2n) is 6.30. The third kappa shape index (κ3) is 3.85. The summed E-state index contributed by atoms with van der Waals surface area (Å²) < 4.78 is 6.23. The van der Waals surface area contributed by atoms with Crippen LogP contribution in [0.3, 0.4) is 0 Å². The number of amides is 1. The van der Waals surface area contributed by atoms with Gasteiger partial charge in [-0.3, -0.25) is 4.79 Å². The smallest absolute Gasteiger partial charge is 0.257 e. The number of halogens is 1. The normalized spacial score (nSPS) is 20.1. The Balaban J connectivity index is 0.00000200. The van der Waals surface area contributed by atoms with Gasteiger partial charge in [0.25, 0.3) is 5.91 Å². The lowest BCUT2D eigenvalue weighted by Gasteiger charge is -2.45. The maximum absolute atomic E-state index is 12.6. The molecule has 20 heavy (non-hydrogen) atoms. The minimum atomic E-state index is -1.82. The van der Waals surface area contributed by atoms with Crippen LogP contribution >= 0.6 is 12.4 Å². The Morgan fingerprint density at radius 2 is 1.65 bits per heavy atom. The molecule has 1 aliphatic heterocycles. The number of nitrogens with zero attached hydrogens (tertiary/aromatic N) is 1. The van der Waals surface area contributed by atoms with Crippen molar-refractivity contribution in [3.8, 4) is 5.75 Å².